The van der Waals surface area contributed by atoms with Crippen molar-refractivity contribution >= 4 is 17.2 Å². The van der Waals surface area contributed by atoms with Crippen LogP contribution in [0.5, 0.6) is 0 Å². The predicted octanol–water partition coefficient (Wildman–Crippen LogP) is 0.473. The van der Waals surface area contributed by atoms with Gasteiger partial charge < -0.3 is 5.11 Å². The molecule has 1 unspecified atom stereocenters. The minimum absolute atomic E-state index is 0.262. The van der Waals surface area contributed by atoms with Crippen LogP contribution in [-0.2, 0) is 6.54 Å². The summed E-state index contributed by atoms with van der Waals surface area (Å²) in [4.78, 5) is 15.1. The second kappa shape index (κ2) is 6.11. The van der Waals surface area contributed by atoms with Gasteiger partial charge >= 0.3 is 0 Å². The van der Waals surface area contributed by atoms with E-state index in [0.717, 1.165) is 10.4 Å². The number of likely N-dealkylation sites (N-methyl/N-ethyl adjacent to an activating group) is 1. The molecular weight excluding hydrogens is 238 g/mol. The molecule has 0 saturated heterocycles. The lowest BCUT2D eigenvalue weighted by Gasteiger charge is -2.17. The monoisotopic (exact) mass is 257 g/mol. The SMILES string of the molecule is Cc1sc(C(=O)NN)cc1CN(C)CC(C)O. The van der Waals surface area contributed by atoms with Crippen LogP contribution in [0.25, 0.3) is 0 Å². The molecule has 1 aromatic heterocycles. The van der Waals surface area contributed by atoms with Crippen molar-refractivity contribution in [1.29, 1.82) is 0 Å². The number of hydrogen-bond acceptors (Lipinski definition) is 5. The van der Waals surface area contributed by atoms with E-state index in [1.54, 1.807) is 6.92 Å². The summed E-state index contributed by atoms with van der Waals surface area (Å²) in [6, 6.07) is 1.85. The van der Waals surface area contributed by atoms with Gasteiger partial charge in [0.25, 0.3) is 5.91 Å². The number of aliphatic hydroxyl groups excluding tert-OH is 1. The van der Waals surface area contributed by atoms with Crippen LogP contribution in [0, 0.1) is 6.92 Å². The second-order valence-electron chi connectivity index (χ2n) is 4.21. The zero-order valence-corrected chi connectivity index (χ0v) is 11.2. The van der Waals surface area contributed by atoms with Gasteiger partial charge in [-0.15, -0.1) is 11.3 Å². The van der Waals surface area contributed by atoms with Crippen LogP contribution in [-0.4, -0.2) is 35.6 Å². The number of rotatable bonds is 5. The lowest BCUT2D eigenvalue weighted by Crippen LogP contribution is -2.29. The Morgan fingerprint density at radius 3 is 2.88 bits per heavy atom. The largest absolute Gasteiger partial charge is 0.392 e. The Kier molecular flexibility index (Phi) is 5.07. The van der Waals surface area contributed by atoms with E-state index in [4.69, 9.17) is 5.84 Å². The van der Waals surface area contributed by atoms with Gasteiger partial charge in [-0.2, -0.15) is 0 Å². The van der Waals surface area contributed by atoms with Crippen LogP contribution in [0.1, 0.15) is 27.0 Å². The summed E-state index contributed by atoms with van der Waals surface area (Å²) in [5, 5.41) is 9.28. The number of hydrazine groups is 1. The van der Waals surface area contributed by atoms with Crippen molar-refractivity contribution in [2.45, 2.75) is 26.5 Å². The number of hydrogen-bond donors (Lipinski definition) is 3. The molecule has 0 saturated carbocycles. The highest BCUT2D eigenvalue weighted by molar-refractivity contribution is 7.14. The molecule has 1 amide bonds. The van der Waals surface area contributed by atoms with Gasteiger partial charge in [-0.25, -0.2) is 5.84 Å². The van der Waals surface area contributed by atoms with Crippen molar-refractivity contribution in [3.63, 3.8) is 0 Å². The number of nitrogens with one attached hydrogen (secondary N) is 1. The molecule has 1 aromatic rings. The average Bonchev–Trinajstić information content (AvgIpc) is 2.58. The molecular formula is C11H19N3O2S. The molecule has 5 nitrogen and oxygen atoms in total. The van der Waals surface area contributed by atoms with Crippen molar-refractivity contribution in [3.05, 3.63) is 21.4 Å². The maximum atomic E-state index is 11.4. The Hall–Kier alpha value is -0.950. The smallest absolute Gasteiger partial charge is 0.275 e. The summed E-state index contributed by atoms with van der Waals surface area (Å²) in [5.74, 6) is 4.83. The van der Waals surface area contributed by atoms with Crippen LogP contribution >= 0.6 is 11.3 Å². The van der Waals surface area contributed by atoms with Crippen LogP contribution in [0.4, 0.5) is 0 Å². The number of amides is 1. The van der Waals surface area contributed by atoms with Gasteiger partial charge in [0.15, 0.2) is 0 Å². The molecule has 4 N–H and O–H groups in total. The van der Waals surface area contributed by atoms with Crippen LogP contribution in [0.3, 0.4) is 0 Å². The summed E-state index contributed by atoms with van der Waals surface area (Å²) in [7, 11) is 1.94. The topological polar surface area (TPSA) is 78.6 Å². The number of thiophene rings is 1. The first-order valence-corrected chi connectivity index (χ1v) is 6.22. The number of nitrogens with zero attached hydrogens (tertiary/aromatic N) is 1. The Labute approximate surface area is 105 Å². The maximum absolute atomic E-state index is 11.4. The minimum atomic E-state index is -0.356. The van der Waals surface area contributed by atoms with E-state index in [1.165, 1.54) is 11.3 Å². The van der Waals surface area contributed by atoms with Gasteiger partial charge in [0.2, 0.25) is 0 Å². The first-order valence-electron chi connectivity index (χ1n) is 5.41. The third kappa shape index (κ3) is 4.08. The number of nitrogen functional groups attached to an aromatic ring is 1. The third-order valence-electron chi connectivity index (χ3n) is 2.39. The fraction of sp³-hybridized carbons (Fsp3) is 0.545. The quantitative estimate of drug-likeness (QED) is 0.407. The molecule has 17 heavy (non-hydrogen) atoms. The van der Waals surface area contributed by atoms with E-state index in [9.17, 15) is 9.90 Å². The summed E-state index contributed by atoms with van der Waals surface area (Å²) in [6.45, 7) is 5.05. The third-order valence-corrected chi connectivity index (χ3v) is 3.48. The number of aliphatic hydroxyl groups is 1. The highest BCUT2D eigenvalue weighted by Gasteiger charge is 2.13. The molecule has 0 fully saturated rings. The van der Waals surface area contributed by atoms with E-state index in [2.05, 4.69) is 5.43 Å². The van der Waals surface area contributed by atoms with Crippen LogP contribution in [0.15, 0.2) is 6.07 Å². The van der Waals surface area contributed by atoms with Crippen LogP contribution < -0.4 is 11.3 Å². The molecule has 0 aliphatic rings. The van der Waals surface area contributed by atoms with Crippen molar-refractivity contribution in [1.82, 2.24) is 10.3 Å². The van der Waals surface area contributed by atoms with E-state index < -0.39 is 0 Å². The predicted molar refractivity (Wildman–Crippen MR) is 68.7 cm³/mol. The summed E-state index contributed by atoms with van der Waals surface area (Å²) in [6.07, 6.45) is -0.356. The zero-order valence-electron chi connectivity index (χ0n) is 10.4. The highest BCUT2D eigenvalue weighted by Crippen LogP contribution is 2.22. The molecule has 0 aliphatic heterocycles. The van der Waals surface area contributed by atoms with E-state index >= 15 is 0 Å². The second-order valence-corrected chi connectivity index (χ2v) is 5.47. The van der Waals surface area contributed by atoms with Gasteiger partial charge in [0.1, 0.15) is 0 Å². The number of carbonyl (C=O) groups excluding carboxylic acids is 1. The number of nitrogens with two attached hydrogens (primary N) is 1. The molecule has 1 rings (SSSR count). The first-order chi connectivity index (χ1) is 7.93. The zero-order chi connectivity index (χ0) is 13.0. The molecule has 0 radical (unpaired) electrons. The van der Waals surface area contributed by atoms with Gasteiger partial charge in [-0.1, -0.05) is 0 Å². The van der Waals surface area contributed by atoms with E-state index in [0.29, 0.717) is 18.0 Å². The number of aryl methyl sites for hydroxylation is 1. The molecule has 6 heteroatoms. The maximum Gasteiger partial charge on any atom is 0.275 e. The summed E-state index contributed by atoms with van der Waals surface area (Å²) in [5.41, 5.74) is 3.22. The Bertz CT molecular complexity index is 390. The van der Waals surface area contributed by atoms with E-state index in [-0.39, 0.29) is 12.0 Å². The fourth-order valence-electron chi connectivity index (χ4n) is 1.67. The molecule has 0 bridgehead atoms. The molecule has 96 valence electrons. The molecule has 1 heterocycles. The minimum Gasteiger partial charge on any atom is -0.392 e. The standard InChI is InChI=1S/C11H19N3O2S/c1-7(15)5-14(3)6-9-4-10(11(16)13-12)17-8(9)2/h4,7,15H,5-6,12H2,1-3H3,(H,13,16). The molecule has 0 spiro atoms. The normalized spacial score (nSPS) is 12.8. The van der Waals surface area contributed by atoms with Crippen molar-refractivity contribution in [3.8, 4) is 0 Å². The van der Waals surface area contributed by atoms with Gasteiger partial charge in [0, 0.05) is 18.0 Å². The van der Waals surface area contributed by atoms with Gasteiger partial charge in [0.05, 0.1) is 11.0 Å². The Morgan fingerprint density at radius 1 is 1.71 bits per heavy atom. The highest BCUT2D eigenvalue weighted by atomic mass is 32.1. The van der Waals surface area contributed by atoms with Gasteiger partial charge in [-0.3, -0.25) is 15.1 Å². The lowest BCUT2D eigenvalue weighted by atomic mass is 10.2. The summed E-state index contributed by atoms with van der Waals surface area (Å²) < 4.78 is 0. The molecule has 0 aromatic carbocycles. The first kappa shape index (κ1) is 14.1. The molecule has 1 atom stereocenters. The number of carbonyl (C=O) groups is 1. The average molecular weight is 257 g/mol. The fourth-order valence-corrected chi connectivity index (χ4v) is 2.60. The summed E-state index contributed by atoms with van der Waals surface area (Å²) >= 11 is 1.43. The molecule has 0 aliphatic carbocycles. The van der Waals surface area contributed by atoms with Crippen molar-refractivity contribution in [2.24, 2.45) is 5.84 Å². The van der Waals surface area contributed by atoms with Gasteiger partial charge in [-0.05, 0) is 32.5 Å². The Balaban J connectivity index is 2.71. The lowest BCUT2D eigenvalue weighted by molar-refractivity contribution is 0.0957. The van der Waals surface area contributed by atoms with Crippen molar-refractivity contribution < 1.29 is 9.90 Å². The van der Waals surface area contributed by atoms with E-state index in [1.807, 2.05) is 24.9 Å². The Morgan fingerprint density at radius 2 is 2.35 bits per heavy atom. The van der Waals surface area contributed by atoms with Crippen LogP contribution in [0.2, 0.25) is 0 Å². The van der Waals surface area contributed by atoms with Crippen molar-refractivity contribution in [2.75, 3.05) is 13.6 Å².